The first-order valence-corrected chi connectivity index (χ1v) is 5.69. The second kappa shape index (κ2) is 3.32. The molecule has 2 atom stereocenters. The summed E-state index contributed by atoms with van der Waals surface area (Å²) in [5.41, 5.74) is 2.04. The average Bonchev–Trinajstić information content (AvgIpc) is 3.01. The lowest BCUT2D eigenvalue weighted by Crippen LogP contribution is -2.16. The third kappa shape index (κ3) is 1.52. The first kappa shape index (κ1) is 10.3. The summed E-state index contributed by atoms with van der Waals surface area (Å²) in [5, 5.41) is 18.2. The van der Waals surface area contributed by atoms with Gasteiger partial charge in [0.2, 0.25) is 0 Å². The number of aromatic carboxylic acids is 2. The van der Waals surface area contributed by atoms with Crippen LogP contribution in [0.1, 0.15) is 38.3 Å². The molecule has 4 heteroatoms. The van der Waals surface area contributed by atoms with Crippen LogP contribution in [0, 0.1) is 11.8 Å². The van der Waals surface area contributed by atoms with Gasteiger partial charge in [-0.3, -0.25) is 0 Å². The van der Waals surface area contributed by atoms with E-state index in [2.05, 4.69) is 0 Å². The number of carbonyl (C=O) groups is 2. The van der Waals surface area contributed by atoms with E-state index in [-0.39, 0.29) is 11.1 Å². The Labute approximate surface area is 97.9 Å². The molecule has 0 saturated heterocycles. The summed E-state index contributed by atoms with van der Waals surface area (Å²) in [5.74, 6) is -0.774. The topological polar surface area (TPSA) is 74.6 Å². The van der Waals surface area contributed by atoms with Gasteiger partial charge in [-0.05, 0) is 54.4 Å². The Kier molecular flexibility index (Phi) is 2.02. The molecule has 1 aromatic rings. The van der Waals surface area contributed by atoms with Gasteiger partial charge in [-0.25, -0.2) is 9.59 Å². The van der Waals surface area contributed by atoms with Crippen LogP contribution >= 0.6 is 0 Å². The highest BCUT2D eigenvalue weighted by Crippen LogP contribution is 2.49. The summed E-state index contributed by atoms with van der Waals surface area (Å²) >= 11 is 0. The molecule has 3 rings (SSSR count). The van der Waals surface area contributed by atoms with E-state index in [0.717, 1.165) is 30.4 Å². The molecule has 2 aliphatic rings. The van der Waals surface area contributed by atoms with Crippen molar-refractivity contribution in [1.29, 1.82) is 0 Å². The van der Waals surface area contributed by atoms with Gasteiger partial charge in [0.05, 0.1) is 11.1 Å². The first-order valence-electron chi connectivity index (χ1n) is 5.69. The molecule has 1 fully saturated rings. The fourth-order valence-electron chi connectivity index (χ4n) is 2.89. The van der Waals surface area contributed by atoms with Gasteiger partial charge in [-0.15, -0.1) is 0 Å². The van der Waals surface area contributed by atoms with Gasteiger partial charge in [0.1, 0.15) is 0 Å². The molecule has 0 spiro atoms. The first-order chi connectivity index (χ1) is 8.08. The predicted octanol–water partition coefficient (Wildman–Crippen LogP) is 1.82. The standard InChI is InChI=1S/C13H12O4/c14-12(15)8-1-2-9(13(16)17)11-5-7-3-6(7)4-10(8)11/h1-2,6-7H,3-5H2,(H,14,15)(H,16,17). The zero-order valence-electron chi connectivity index (χ0n) is 9.14. The molecule has 2 aliphatic carbocycles. The van der Waals surface area contributed by atoms with Crippen molar-refractivity contribution in [2.75, 3.05) is 0 Å². The summed E-state index contributed by atoms with van der Waals surface area (Å²) < 4.78 is 0. The number of carboxylic acid groups (broad SMARTS) is 2. The summed E-state index contributed by atoms with van der Waals surface area (Å²) in [7, 11) is 0. The van der Waals surface area contributed by atoms with Crippen molar-refractivity contribution in [2.24, 2.45) is 11.8 Å². The second-order valence-electron chi connectivity index (χ2n) is 4.89. The Morgan fingerprint density at radius 2 is 1.35 bits per heavy atom. The Morgan fingerprint density at radius 1 is 0.941 bits per heavy atom. The molecule has 1 saturated carbocycles. The number of rotatable bonds is 2. The van der Waals surface area contributed by atoms with Crippen LogP contribution in [0.3, 0.4) is 0 Å². The normalized spacial score (nSPS) is 24.7. The van der Waals surface area contributed by atoms with E-state index in [4.69, 9.17) is 10.2 Å². The van der Waals surface area contributed by atoms with Crippen LogP contribution in [-0.4, -0.2) is 22.2 Å². The molecule has 0 heterocycles. The van der Waals surface area contributed by atoms with Crippen molar-refractivity contribution in [3.05, 3.63) is 34.4 Å². The molecule has 1 aromatic carbocycles. The predicted molar refractivity (Wildman–Crippen MR) is 59.4 cm³/mol. The van der Waals surface area contributed by atoms with Crippen LogP contribution < -0.4 is 0 Å². The van der Waals surface area contributed by atoms with Gasteiger partial charge in [0, 0.05) is 0 Å². The molecular formula is C13H12O4. The molecule has 2 N–H and O–H groups in total. The SMILES string of the molecule is O=C(O)c1ccc(C(=O)O)c2c1CC1CC1C2. The average molecular weight is 232 g/mol. The van der Waals surface area contributed by atoms with Gasteiger partial charge in [-0.1, -0.05) is 0 Å². The third-order valence-corrected chi connectivity index (χ3v) is 3.89. The van der Waals surface area contributed by atoms with Crippen LogP contribution in [0.15, 0.2) is 12.1 Å². The lowest BCUT2D eigenvalue weighted by atomic mass is 9.85. The molecular weight excluding hydrogens is 220 g/mol. The number of fused-ring (bicyclic) bond motifs is 2. The van der Waals surface area contributed by atoms with Crippen molar-refractivity contribution in [3.8, 4) is 0 Å². The van der Waals surface area contributed by atoms with Gasteiger partial charge >= 0.3 is 11.9 Å². The van der Waals surface area contributed by atoms with E-state index in [1.807, 2.05) is 0 Å². The monoisotopic (exact) mass is 232 g/mol. The van der Waals surface area contributed by atoms with Crippen LogP contribution in [0.4, 0.5) is 0 Å². The van der Waals surface area contributed by atoms with E-state index in [1.165, 1.54) is 12.1 Å². The van der Waals surface area contributed by atoms with Crippen LogP contribution in [-0.2, 0) is 12.8 Å². The lowest BCUT2D eigenvalue weighted by molar-refractivity contribution is 0.0678. The minimum atomic E-state index is -0.961. The van der Waals surface area contributed by atoms with E-state index in [1.54, 1.807) is 0 Å². The smallest absolute Gasteiger partial charge is 0.335 e. The largest absolute Gasteiger partial charge is 0.478 e. The molecule has 4 nitrogen and oxygen atoms in total. The number of hydrogen-bond acceptors (Lipinski definition) is 2. The molecule has 17 heavy (non-hydrogen) atoms. The van der Waals surface area contributed by atoms with E-state index < -0.39 is 11.9 Å². The molecule has 0 aromatic heterocycles. The van der Waals surface area contributed by atoms with Crippen molar-refractivity contribution in [1.82, 2.24) is 0 Å². The van der Waals surface area contributed by atoms with Crippen LogP contribution in [0.25, 0.3) is 0 Å². The Bertz CT molecular complexity index is 485. The number of hydrogen-bond donors (Lipinski definition) is 2. The Balaban J connectivity index is 2.19. The van der Waals surface area contributed by atoms with Gasteiger partial charge in [-0.2, -0.15) is 0 Å². The zero-order valence-corrected chi connectivity index (χ0v) is 9.14. The van der Waals surface area contributed by atoms with Crippen molar-refractivity contribution >= 4 is 11.9 Å². The van der Waals surface area contributed by atoms with Crippen molar-refractivity contribution in [3.63, 3.8) is 0 Å². The molecule has 0 radical (unpaired) electrons. The fraction of sp³-hybridized carbons (Fsp3) is 0.385. The maximum absolute atomic E-state index is 11.1. The van der Waals surface area contributed by atoms with Crippen molar-refractivity contribution < 1.29 is 19.8 Å². The van der Waals surface area contributed by atoms with E-state index >= 15 is 0 Å². The lowest BCUT2D eigenvalue weighted by Gasteiger charge is -2.19. The quantitative estimate of drug-likeness (QED) is 0.815. The fourth-order valence-corrected chi connectivity index (χ4v) is 2.89. The van der Waals surface area contributed by atoms with Gasteiger partial charge in [0.25, 0.3) is 0 Å². The summed E-state index contributed by atoms with van der Waals surface area (Å²) in [6.07, 6.45) is 2.55. The second-order valence-corrected chi connectivity index (χ2v) is 4.89. The summed E-state index contributed by atoms with van der Waals surface area (Å²) in [6, 6.07) is 2.85. The molecule has 0 amide bonds. The molecule has 2 unspecified atom stereocenters. The Hall–Kier alpha value is -1.84. The highest BCUT2D eigenvalue weighted by Gasteiger charge is 2.43. The maximum atomic E-state index is 11.1. The summed E-state index contributed by atoms with van der Waals surface area (Å²) in [6.45, 7) is 0. The summed E-state index contributed by atoms with van der Waals surface area (Å²) in [4.78, 5) is 22.3. The molecule has 0 bridgehead atoms. The van der Waals surface area contributed by atoms with Gasteiger partial charge < -0.3 is 10.2 Å². The molecule has 88 valence electrons. The van der Waals surface area contributed by atoms with Crippen LogP contribution in [0.5, 0.6) is 0 Å². The number of carboxylic acids is 2. The maximum Gasteiger partial charge on any atom is 0.335 e. The number of benzene rings is 1. The zero-order chi connectivity index (χ0) is 12.2. The van der Waals surface area contributed by atoms with E-state index in [0.29, 0.717) is 11.8 Å². The van der Waals surface area contributed by atoms with Gasteiger partial charge in [0.15, 0.2) is 0 Å². The minimum Gasteiger partial charge on any atom is -0.478 e. The highest BCUT2D eigenvalue weighted by molar-refractivity contribution is 5.95. The highest BCUT2D eigenvalue weighted by atomic mass is 16.4. The Morgan fingerprint density at radius 3 is 1.71 bits per heavy atom. The van der Waals surface area contributed by atoms with Crippen molar-refractivity contribution in [2.45, 2.75) is 19.3 Å². The van der Waals surface area contributed by atoms with Crippen LogP contribution in [0.2, 0.25) is 0 Å². The third-order valence-electron chi connectivity index (χ3n) is 3.89. The molecule has 0 aliphatic heterocycles. The van der Waals surface area contributed by atoms with E-state index in [9.17, 15) is 9.59 Å². The minimum absolute atomic E-state index is 0.273.